The number of nitrogens with one attached hydrogen (secondary N) is 2. The predicted octanol–water partition coefficient (Wildman–Crippen LogP) is 3.51. The molecule has 0 saturated carbocycles. The number of hydrogen-bond donors (Lipinski definition) is 2. The van der Waals surface area contributed by atoms with Crippen LogP contribution in [0.2, 0.25) is 5.02 Å². The summed E-state index contributed by atoms with van der Waals surface area (Å²) in [6, 6.07) is 3.30. The summed E-state index contributed by atoms with van der Waals surface area (Å²) in [6.45, 7) is -3.04. The van der Waals surface area contributed by atoms with E-state index in [1.54, 1.807) is 20.3 Å². The molecule has 0 unspecified atom stereocenters. The third-order valence-corrected chi connectivity index (χ3v) is 4.39. The van der Waals surface area contributed by atoms with Crippen LogP contribution < -0.4 is 15.4 Å². The molecule has 0 aliphatic carbocycles. The fourth-order valence-electron chi connectivity index (χ4n) is 2.52. The summed E-state index contributed by atoms with van der Waals surface area (Å²) in [5.74, 6) is -0.532. The number of rotatable bonds is 9. The molecular weight excluding hydrogens is 451 g/mol. The lowest BCUT2D eigenvalue weighted by atomic mass is 10.2. The van der Waals surface area contributed by atoms with E-state index in [1.807, 2.05) is 0 Å². The number of aromatic nitrogens is 4. The van der Waals surface area contributed by atoms with Crippen molar-refractivity contribution in [1.82, 2.24) is 24.6 Å². The van der Waals surface area contributed by atoms with Gasteiger partial charge in [0.25, 0.3) is 0 Å². The van der Waals surface area contributed by atoms with E-state index in [2.05, 4.69) is 30.4 Å². The lowest BCUT2D eigenvalue weighted by Crippen LogP contribution is -2.26. The Bertz CT molecular complexity index is 1090. The standard InChI is InChI=1S/C19H19ClF3N7O2/c1-29(2)16(31)10-30-9-12(7-26-30)27-19-25-8-14(20)17(28-19)24-6-11-5-13(32-18(22)23)3-4-15(11)21/h3-5,7-9,18H,6,10H2,1-2H3,(H2,24,25,27,28). The Morgan fingerprint density at radius 1 is 1.31 bits per heavy atom. The van der Waals surface area contributed by atoms with Crippen LogP contribution in [0.5, 0.6) is 5.75 Å². The summed E-state index contributed by atoms with van der Waals surface area (Å²) in [7, 11) is 3.30. The quantitative estimate of drug-likeness (QED) is 0.495. The monoisotopic (exact) mass is 469 g/mol. The molecule has 3 aromatic rings. The molecule has 0 aliphatic rings. The number of ether oxygens (including phenoxy) is 1. The molecule has 0 fully saturated rings. The molecule has 0 saturated heterocycles. The molecule has 0 bridgehead atoms. The van der Waals surface area contributed by atoms with Crippen LogP contribution in [0.25, 0.3) is 0 Å². The highest BCUT2D eigenvalue weighted by Crippen LogP contribution is 2.24. The van der Waals surface area contributed by atoms with Crippen LogP contribution in [0, 0.1) is 5.82 Å². The molecule has 1 amide bonds. The van der Waals surface area contributed by atoms with Crippen molar-refractivity contribution in [2.24, 2.45) is 0 Å². The van der Waals surface area contributed by atoms with Gasteiger partial charge in [-0.15, -0.1) is 0 Å². The fourth-order valence-corrected chi connectivity index (χ4v) is 2.67. The smallest absolute Gasteiger partial charge is 0.387 e. The first-order chi connectivity index (χ1) is 15.2. The summed E-state index contributed by atoms with van der Waals surface area (Å²) < 4.78 is 44.5. The zero-order valence-corrected chi connectivity index (χ0v) is 17.8. The molecule has 2 N–H and O–H groups in total. The van der Waals surface area contributed by atoms with Gasteiger partial charge in [-0.1, -0.05) is 11.6 Å². The van der Waals surface area contributed by atoms with Crippen LogP contribution in [0.15, 0.2) is 36.8 Å². The molecule has 170 valence electrons. The maximum absolute atomic E-state index is 14.0. The van der Waals surface area contributed by atoms with Gasteiger partial charge in [-0.2, -0.15) is 18.9 Å². The summed E-state index contributed by atoms with van der Waals surface area (Å²) in [5.41, 5.74) is 0.617. The van der Waals surface area contributed by atoms with Gasteiger partial charge in [-0.3, -0.25) is 9.48 Å². The Kier molecular flexibility index (Phi) is 7.36. The highest BCUT2D eigenvalue weighted by Gasteiger charge is 2.12. The number of amides is 1. The van der Waals surface area contributed by atoms with Gasteiger partial charge in [0.1, 0.15) is 23.1 Å². The van der Waals surface area contributed by atoms with Crippen molar-refractivity contribution in [2.45, 2.75) is 19.7 Å². The van der Waals surface area contributed by atoms with Gasteiger partial charge in [0.15, 0.2) is 5.82 Å². The van der Waals surface area contributed by atoms with Gasteiger partial charge in [0.05, 0.1) is 18.1 Å². The number of carbonyl (C=O) groups excluding carboxylic acids is 1. The highest BCUT2D eigenvalue weighted by atomic mass is 35.5. The van der Waals surface area contributed by atoms with Crippen molar-refractivity contribution < 1.29 is 22.7 Å². The number of hydrogen-bond acceptors (Lipinski definition) is 7. The van der Waals surface area contributed by atoms with Crippen molar-refractivity contribution >= 4 is 35.0 Å². The molecule has 13 heteroatoms. The van der Waals surface area contributed by atoms with E-state index >= 15 is 0 Å². The Morgan fingerprint density at radius 2 is 2.09 bits per heavy atom. The number of carbonyl (C=O) groups is 1. The van der Waals surface area contributed by atoms with Crippen LogP contribution in [0.3, 0.4) is 0 Å². The average Bonchev–Trinajstić information content (AvgIpc) is 3.16. The van der Waals surface area contributed by atoms with Crippen molar-refractivity contribution in [3.8, 4) is 5.75 Å². The van der Waals surface area contributed by atoms with Crippen molar-refractivity contribution in [3.05, 3.63) is 53.2 Å². The summed E-state index contributed by atoms with van der Waals surface area (Å²) in [4.78, 5) is 21.5. The van der Waals surface area contributed by atoms with Crippen LogP contribution >= 0.6 is 11.6 Å². The lowest BCUT2D eigenvalue weighted by Gasteiger charge is -2.11. The molecule has 0 radical (unpaired) electrons. The normalized spacial score (nSPS) is 10.8. The third-order valence-electron chi connectivity index (χ3n) is 4.12. The first-order valence-electron chi connectivity index (χ1n) is 9.20. The van der Waals surface area contributed by atoms with Gasteiger partial charge in [-0.25, -0.2) is 9.37 Å². The van der Waals surface area contributed by atoms with Gasteiger partial charge in [-0.05, 0) is 18.2 Å². The van der Waals surface area contributed by atoms with Crippen molar-refractivity contribution in [2.75, 3.05) is 24.7 Å². The van der Waals surface area contributed by atoms with Crippen LogP contribution in [-0.4, -0.2) is 51.3 Å². The first kappa shape index (κ1) is 23.1. The number of benzene rings is 1. The zero-order valence-electron chi connectivity index (χ0n) is 17.0. The van der Waals surface area contributed by atoms with Crippen LogP contribution in [-0.2, 0) is 17.9 Å². The Morgan fingerprint density at radius 3 is 2.81 bits per heavy atom. The van der Waals surface area contributed by atoms with E-state index in [1.165, 1.54) is 22.0 Å². The molecule has 2 aromatic heterocycles. The maximum atomic E-state index is 14.0. The molecular formula is C19H19ClF3N7O2. The number of alkyl halides is 2. The minimum Gasteiger partial charge on any atom is -0.435 e. The van der Waals surface area contributed by atoms with E-state index in [-0.39, 0.29) is 47.1 Å². The van der Waals surface area contributed by atoms with Gasteiger partial charge >= 0.3 is 6.61 Å². The van der Waals surface area contributed by atoms with Crippen LogP contribution in [0.1, 0.15) is 5.56 Å². The van der Waals surface area contributed by atoms with Gasteiger partial charge < -0.3 is 20.3 Å². The van der Waals surface area contributed by atoms with E-state index in [0.29, 0.717) is 5.69 Å². The van der Waals surface area contributed by atoms with E-state index < -0.39 is 12.4 Å². The Hall–Kier alpha value is -3.54. The molecule has 2 heterocycles. The van der Waals surface area contributed by atoms with Crippen molar-refractivity contribution in [3.63, 3.8) is 0 Å². The zero-order chi connectivity index (χ0) is 23.3. The largest absolute Gasteiger partial charge is 0.435 e. The summed E-state index contributed by atoms with van der Waals surface area (Å²) >= 11 is 6.10. The minimum absolute atomic E-state index is 0.0723. The van der Waals surface area contributed by atoms with E-state index in [4.69, 9.17) is 11.6 Å². The van der Waals surface area contributed by atoms with Crippen LogP contribution in [0.4, 0.5) is 30.6 Å². The van der Waals surface area contributed by atoms with Gasteiger partial charge in [0.2, 0.25) is 11.9 Å². The molecule has 0 atom stereocenters. The van der Waals surface area contributed by atoms with E-state index in [9.17, 15) is 18.0 Å². The number of anilines is 3. The Balaban J connectivity index is 1.68. The third kappa shape index (κ3) is 6.23. The molecule has 32 heavy (non-hydrogen) atoms. The second kappa shape index (κ2) is 10.2. The molecule has 9 nitrogen and oxygen atoms in total. The number of halogens is 4. The highest BCUT2D eigenvalue weighted by molar-refractivity contribution is 6.32. The molecule has 0 spiro atoms. The maximum Gasteiger partial charge on any atom is 0.387 e. The minimum atomic E-state index is -3.02. The number of likely N-dealkylation sites (N-methyl/N-ethyl adjacent to an activating group) is 1. The van der Waals surface area contributed by atoms with Crippen molar-refractivity contribution in [1.29, 1.82) is 0 Å². The molecule has 3 rings (SSSR count). The van der Waals surface area contributed by atoms with Gasteiger partial charge in [0, 0.05) is 32.4 Å². The Labute approximate surface area is 186 Å². The summed E-state index contributed by atoms with van der Waals surface area (Å²) in [5, 5.41) is 10.0. The predicted molar refractivity (Wildman–Crippen MR) is 112 cm³/mol. The lowest BCUT2D eigenvalue weighted by molar-refractivity contribution is -0.129. The first-order valence-corrected chi connectivity index (χ1v) is 9.58. The average molecular weight is 470 g/mol. The number of nitrogens with zero attached hydrogens (tertiary/aromatic N) is 5. The fraction of sp³-hybridized carbons (Fsp3) is 0.263. The second-order valence-corrected chi connectivity index (χ2v) is 7.12. The topological polar surface area (TPSA) is 97.2 Å². The van der Waals surface area contributed by atoms with E-state index in [0.717, 1.165) is 18.2 Å². The summed E-state index contributed by atoms with van der Waals surface area (Å²) in [6.07, 6.45) is 4.44. The molecule has 0 aliphatic heterocycles. The second-order valence-electron chi connectivity index (χ2n) is 6.72. The molecule has 1 aromatic carbocycles. The SMILES string of the molecule is CN(C)C(=O)Cn1cc(Nc2ncc(Cl)c(NCc3cc(OC(F)F)ccc3F)n2)cn1.